The second-order valence-corrected chi connectivity index (χ2v) is 4.40. The fourth-order valence-corrected chi connectivity index (χ4v) is 2.25. The van der Waals surface area contributed by atoms with Crippen LogP contribution in [0.25, 0.3) is 0 Å². The van der Waals surface area contributed by atoms with Gasteiger partial charge >= 0.3 is 0 Å². The minimum atomic E-state index is 0.519. The number of nitrogens with one attached hydrogen (secondary N) is 1. The van der Waals surface area contributed by atoms with Gasteiger partial charge in [0.1, 0.15) is 5.82 Å². The number of hydrogen-bond donors (Lipinski definition) is 2. The van der Waals surface area contributed by atoms with Gasteiger partial charge in [-0.25, -0.2) is 4.98 Å². The first-order valence-corrected chi connectivity index (χ1v) is 5.69. The Hall–Kier alpha value is -1.09. The van der Waals surface area contributed by atoms with Gasteiger partial charge in [0.05, 0.1) is 0 Å². The van der Waals surface area contributed by atoms with Crippen molar-refractivity contribution in [3.63, 3.8) is 0 Å². The van der Waals surface area contributed by atoms with Gasteiger partial charge in [-0.2, -0.15) is 0 Å². The van der Waals surface area contributed by atoms with E-state index in [-0.39, 0.29) is 0 Å². The highest BCUT2D eigenvalue weighted by Gasteiger charge is 2.25. The van der Waals surface area contributed by atoms with Gasteiger partial charge in [-0.15, -0.1) is 0 Å². The zero-order valence-corrected chi connectivity index (χ0v) is 9.24. The summed E-state index contributed by atoms with van der Waals surface area (Å²) >= 11 is 0. The van der Waals surface area contributed by atoms with E-state index in [1.54, 1.807) is 0 Å². The number of pyridine rings is 1. The Balaban J connectivity index is 1.99. The number of rotatable bonds is 3. The van der Waals surface area contributed by atoms with Gasteiger partial charge in [0.25, 0.3) is 0 Å². The van der Waals surface area contributed by atoms with Gasteiger partial charge in [0, 0.05) is 12.2 Å². The Morgan fingerprint density at radius 1 is 1.47 bits per heavy atom. The maximum atomic E-state index is 5.74. The number of anilines is 1. The SMILES string of the molecule is Cc1ccc(NC2CCCC2CN)nc1. The third-order valence-electron chi connectivity index (χ3n) is 3.21. The van der Waals surface area contributed by atoms with Gasteiger partial charge in [-0.3, -0.25) is 0 Å². The number of nitrogens with two attached hydrogens (primary N) is 1. The molecule has 2 unspecified atom stereocenters. The summed E-state index contributed by atoms with van der Waals surface area (Å²) in [6.45, 7) is 2.83. The van der Waals surface area contributed by atoms with Crippen molar-refractivity contribution in [2.24, 2.45) is 11.7 Å². The lowest BCUT2D eigenvalue weighted by Gasteiger charge is -2.19. The smallest absolute Gasteiger partial charge is 0.126 e. The Morgan fingerprint density at radius 3 is 3.00 bits per heavy atom. The summed E-state index contributed by atoms with van der Waals surface area (Å²) in [6.07, 6.45) is 5.65. The number of aryl methyl sites for hydroxylation is 1. The van der Waals surface area contributed by atoms with Gasteiger partial charge in [-0.1, -0.05) is 12.5 Å². The van der Waals surface area contributed by atoms with Crippen molar-refractivity contribution in [1.29, 1.82) is 0 Å². The van der Waals surface area contributed by atoms with Crippen LogP contribution < -0.4 is 11.1 Å². The average Bonchev–Trinajstić information content (AvgIpc) is 2.69. The topological polar surface area (TPSA) is 50.9 Å². The van der Waals surface area contributed by atoms with E-state index in [0.29, 0.717) is 12.0 Å². The van der Waals surface area contributed by atoms with E-state index in [0.717, 1.165) is 12.4 Å². The minimum absolute atomic E-state index is 0.519. The van der Waals surface area contributed by atoms with Crippen molar-refractivity contribution in [2.75, 3.05) is 11.9 Å². The Kier molecular flexibility index (Phi) is 3.21. The lowest BCUT2D eigenvalue weighted by molar-refractivity contribution is 0.515. The molecule has 0 aromatic carbocycles. The monoisotopic (exact) mass is 205 g/mol. The molecule has 0 saturated heterocycles. The predicted molar refractivity (Wildman–Crippen MR) is 62.8 cm³/mol. The summed E-state index contributed by atoms with van der Waals surface area (Å²) in [6, 6.07) is 4.65. The minimum Gasteiger partial charge on any atom is -0.367 e. The van der Waals surface area contributed by atoms with E-state index < -0.39 is 0 Å². The third kappa shape index (κ3) is 2.48. The molecule has 1 aromatic rings. The fraction of sp³-hybridized carbons (Fsp3) is 0.583. The molecule has 0 spiro atoms. The molecule has 3 heteroatoms. The Bertz CT molecular complexity index is 307. The third-order valence-corrected chi connectivity index (χ3v) is 3.21. The summed E-state index contributed by atoms with van der Waals surface area (Å²) < 4.78 is 0. The van der Waals surface area contributed by atoms with E-state index >= 15 is 0 Å². The normalized spacial score (nSPS) is 25.5. The number of nitrogens with zero attached hydrogens (tertiary/aromatic N) is 1. The molecule has 3 N–H and O–H groups in total. The molecular formula is C12H19N3. The number of hydrogen-bond acceptors (Lipinski definition) is 3. The molecule has 3 nitrogen and oxygen atoms in total. The number of aromatic nitrogens is 1. The van der Waals surface area contributed by atoms with Crippen LogP contribution in [0.15, 0.2) is 18.3 Å². The standard InChI is InChI=1S/C12H19N3/c1-9-5-6-12(14-8-9)15-11-4-2-3-10(11)7-13/h5-6,8,10-11H,2-4,7,13H2,1H3,(H,14,15). The lowest BCUT2D eigenvalue weighted by atomic mass is 10.0. The largest absolute Gasteiger partial charge is 0.367 e. The molecule has 1 aromatic heterocycles. The molecule has 82 valence electrons. The van der Waals surface area contributed by atoms with Crippen LogP contribution in [0.1, 0.15) is 24.8 Å². The maximum absolute atomic E-state index is 5.74. The molecular weight excluding hydrogens is 186 g/mol. The molecule has 2 atom stereocenters. The molecule has 0 amide bonds. The van der Waals surface area contributed by atoms with Crippen molar-refractivity contribution in [3.8, 4) is 0 Å². The summed E-state index contributed by atoms with van der Waals surface area (Å²) in [4.78, 5) is 4.36. The Morgan fingerprint density at radius 2 is 2.33 bits per heavy atom. The Labute approximate surface area is 91.1 Å². The molecule has 1 saturated carbocycles. The molecule has 1 heterocycles. The van der Waals surface area contributed by atoms with Gasteiger partial charge < -0.3 is 11.1 Å². The molecule has 15 heavy (non-hydrogen) atoms. The fourth-order valence-electron chi connectivity index (χ4n) is 2.25. The molecule has 0 bridgehead atoms. The van der Waals surface area contributed by atoms with E-state index in [4.69, 9.17) is 5.73 Å². The van der Waals surface area contributed by atoms with Crippen LogP contribution in [-0.4, -0.2) is 17.6 Å². The highest BCUT2D eigenvalue weighted by molar-refractivity contribution is 5.36. The molecule has 1 fully saturated rings. The van der Waals surface area contributed by atoms with Crippen LogP contribution in [0.4, 0.5) is 5.82 Å². The second-order valence-electron chi connectivity index (χ2n) is 4.40. The quantitative estimate of drug-likeness (QED) is 0.792. The van der Waals surface area contributed by atoms with E-state index in [9.17, 15) is 0 Å². The van der Waals surface area contributed by atoms with Crippen LogP contribution in [-0.2, 0) is 0 Å². The summed E-state index contributed by atoms with van der Waals surface area (Å²) in [5.74, 6) is 1.60. The van der Waals surface area contributed by atoms with Gasteiger partial charge in [-0.05, 0) is 43.9 Å². The summed E-state index contributed by atoms with van der Waals surface area (Å²) in [7, 11) is 0. The first-order valence-electron chi connectivity index (χ1n) is 5.69. The molecule has 2 rings (SSSR count). The van der Waals surface area contributed by atoms with Crippen molar-refractivity contribution in [3.05, 3.63) is 23.9 Å². The zero-order chi connectivity index (χ0) is 10.7. The highest BCUT2D eigenvalue weighted by atomic mass is 15.0. The van der Waals surface area contributed by atoms with Crippen molar-refractivity contribution >= 4 is 5.82 Å². The van der Waals surface area contributed by atoms with Gasteiger partial charge in [0.2, 0.25) is 0 Å². The maximum Gasteiger partial charge on any atom is 0.126 e. The highest BCUT2D eigenvalue weighted by Crippen LogP contribution is 2.27. The average molecular weight is 205 g/mol. The van der Waals surface area contributed by atoms with E-state index in [2.05, 4.69) is 23.3 Å². The molecule has 1 aliphatic carbocycles. The molecule has 0 aliphatic heterocycles. The summed E-state index contributed by atoms with van der Waals surface area (Å²) in [5.41, 5.74) is 6.94. The first-order chi connectivity index (χ1) is 7.29. The van der Waals surface area contributed by atoms with Crippen molar-refractivity contribution in [2.45, 2.75) is 32.2 Å². The van der Waals surface area contributed by atoms with E-state index in [1.165, 1.54) is 24.8 Å². The molecule has 1 aliphatic rings. The zero-order valence-electron chi connectivity index (χ0n) is 9.24. The lowest BCUT2D eigenvalue weighted by Crippen LogP contribution is -2.29. The second kappa shape index (κ2) is 4.62. The van der Waals surface area contributed by atoms with Crippen LogP contribution in [0, 0.1) is 12.8 Å². The van der Waals surface area contributed by atoms with Crippen molar-refractivity contribution in [1.82, 2.24) is 4.98 Å². The van der Waals surface area contributed by atoms with E-state index in [1.807, 2.05) is 12.3 Å². The van der Waals surface area contributed by atoms with Crippen LogP contribution in [0.5, 0.6) is 0 Å². The van der Waals surface area contributed by atoms with Crippen molar-refractivity contribution < 1.29 is 0 Å². The van der Waals surface area contributed by atoms with Gasteiger partial charge in [0.15, 0.2) is 0 Å². The van der Waals surface area contributed by atoms with Crippen LogP contribution in [0.3, 0.4) is 0 Å². The first kappa shape index (κ1) is 10.4. The van der Waals surface area contributed by atoms with Crippen LogP contribution in [0.2, 0.25) is 0 Å². The van der Waals surface area contributed by atoms with Crippen LogP contribution >= 0.6 is 0 Å². The predicted octanol–water partition coefficient (Wildman–Crippen LogP) is 1.93. The summed E-state index contributed by atoms with van der Waals surface area (Å²) in [5, 5.41) is 3.48. The molecule has 0 radical (unpaired) electrons.